The maximum absolute atomic E-state index is 10.1. The van der Waals surface area contributed by atoms with Gasteiger partial charge in [-0.1, -0.05) is 13.8 Å². The van der Waals surface area contributed by atoms with E-state index in [0.717, 1.165) is 12.2 Å². The van der Waals surface area contributed by atoms with Crippen molar-refractivity contribution in [3.63, 3.8) is 0 Å². The van der Waals surface area contributed by atoms with E-state index in [4.69, 9.17) is 10.5 Å². The topological polar surface area (TPSA) is 55.5 Å². The van der Waals surface area contributed by atoms with Crippen LogP contribution in [0, 0.1) is 13.8 Å². The second-order valence-electron chi connectivity index (χ2n) is 5.45. The summed E-state index contributed by atoms with van der Waals surface area (Å²) >= 11 is 0. The Balaban J connectivity index is 2.91. The molecule has 0 saturated heterocycles. The summed E-state index contributed by atoms with van der Waals surface area (Å²) < 4.78 is 5.28. The van der Waals surface area contributed by atoms with E-state index in [2.05, 4.69) is 20.8 Å². The first-order chi connectivity index (χ1) is 8.90. The van der Waals surface area contributed by atoms with Gasteiger partial charge in [0, 0.05) is 6.04 Å². The third-order valence-electron chi connectivity index (χ3n) is 3.86. The van der Waals surface area contributed by atoms with Crippen LogP contribution in [0.4, 0.5) is 0 Å². The first-order valence-electron chi connectivity index (χ1n) is 6.99. The van der Waals surface area contributed by atoms with Crippen molar-refractivity contribution in [1.29, 1.82) is 0 Å². The number of aliphatic hydroxyl groups is 1. The molecule has 0 radical (unpaired) electrons. The molecule has 3 N–H and O–H groups in total. The van der Waals surface area contributed by atoms with Crippen LogP contribution in [-0.2, 0) is 0 Å². The molecule has 0 aliphatic rings. The molecule has 0 spiro atoms. The molecule has 3 atom stereocenters. The Hall–Kier alpha value is -1.06. The van der Waals surface area contributed by atoms with Gasteiger partial charge in [0.25, 0.3) is 0 Å². The SMILES string of the molecule is CCC(N)C(O)CC(C)c1c(C)cc(OC)cc1C. The van der Waals surface area contributed by atoms with E-state index in [1.807, 2.05) is 19.1 Å². The first-order valence-corrected chi connectivity index (χ1v) is 6.99. The molecule has 0 heterocycles. The summed E-state index contributed by atoms with van der Waals surface area (Å²) in [4.78, 5) is 0. The fourth-order valence-electron chi connectivity index (χ4n) is 2.76. The second kappa shape index (κ2) is 6.92. The van der Waals surface area contributed by atoms with Gasteiger partial charge in [-0.05, 0) is 61.4 Å². The van der Waals surface area contributed by atoms with Crippen molar-refractivity contribution in [2.24, 2.45) is 5.73 Å². The molecular weight excluding hydrogens is 238 g/mol. The van der Waals surface area contributed by atoms with Crippen molar-refractivity contribution in [3.8, 4) is 5.75 Å². The van der Waals surface area contributed by atoms with Crippen molar-refractivity contribution in [2.45, 2.75) is 58.6 Å². The van der Waals surface area contributed by atoms with Gasteiger partial charge in [0.15, 0.2) is 0 Å². The highest BCUT2D eigenvalue weighted by atomic mass is 16.5. The Bertz CT molecular complexity index is 394. The minimum absolute atomic E-state index is 0.138. The summed E-state index contributed by atoms with van der Waals surface area (Å²) in [5.74, 6) is 1.18. The van der Waals surface area contributed by atoms with Crippen LogP contribution in [0.2, 0.25) is 0 Å². The van der Waals surface area contributed by atoms with Crippen molar-refractivity contribution in [2.75, 3.05) is 7.11 Å². The number of aliphatic hydroxyl groups excluding tert-OH is 1. The lowest BCUT2D eigenvalue weighted by atomic mass is 9.86. The van der Waals surface area contributed by atoms with Gasteiger partial charge in [0.05, 0.1) is 13.2 Å². The maximum Gasteiger partial charge on any atom is 0.119 e. The molecule has 0 saturated carbocycles. The van der Waals surface area contributed by atoms with E-state index < -0.39 is 6.10 Å². The molecule has 0 aromatic heterocycles. The number of rotatable bonds is 6. The molecule has 3 nitrogen and oxygen atoms in total. The summed E-state index contributed by atoms with van der Waals surface area (Å²) in [5, 5.41) is 10.1. The van der Waals surface area contributed by atoms with Gasteiger partial charge in [0.2, 0.25) is 0 Å². The predicted octanol–water partition coefficient (Wildman–Crippen LogP) is 2.90. The molecular formula is C16H27NO2. The monoisotopic (exact) mass is 265 g/mol. The normalized spacial score (nSPS) is 15.9. The quantitative estimate of drug-likeness (QED) is 0.831. The van der Waals surface area contributed by atoms with E-state index in [-0.39, 0.29) is 6.04 Å². The van der Waals surface area contributed by atoms with Gasteiger partial charge >= 0.3 is 0 Å². The van der Waals surface area contributed by atoms with Crippen LogP contribution in [0.5, 0.6) is 5.75 Å². The molecule has 1 rings (SSSR count). The third kappa shape index (κ3) is 3.95. The molecule has 0 fully saturated rings. The van der Waals surface area contributed by atoms with E-state index in [1.54, 1.807) is 7.11 Å². The van der Waals surface area contributed by atoms with Crippen LogP contribution >= 0.6 is 0 Å². The minimum atomic E-state index is -0.444. The molecule has 1 aromatic carbocycles. The Morgan fingerprint density at radius 1 is 1.26 bits per heavy atom. The minimum Gasteiger partial charge on any atom is -0.497 e. The van der Waals surface area contributed by atoms with Crippen LogP contribution in [0.25, 0.3) is 0 Å². The highest BCUT2D eigenvalue weighted by Crippen LogP contribution is 2.31. The smallest absolute Gasteiger partial charge is 0.119 e. The van der Waals surface area contributed by atoms with Crippen LogP contribution < -0.4 is 10.5 Å². The van der Waals surface area contributed by atoms with Gasteiger partial charge in [-0.25, -0.2) is 0 Å². The second-order valence-corrected chi connectivity index (χ2v) is 5.45. The number of methoxy groups -OCH3 is 1. The van der Waals surface area contributed by atoms with Gasteiger partial charge in [-0.2, -0.15) is 0 Å². The Kier molecular flexibility index (Phi) is 5.83. The first kappa shape index (κ1) is 16.0. The lowest BCUT2D eigenvalue weighted by molar-refractivity contribution is 0.126. The van der Waals surface area contributed by atoms with Crippen LogP contribution in [-0.4, -0.2) is 24.4 Å². The number of nitrogens with two attached hydrogens (primary N) is 1. The Morgan fingerprint density at radius 3 is 2.21 bits per heavy atom. The summed E-state index contributed by atoms with van der Waals surface area (Å²) in [6, 6.07) is 3.96. The molecule has 0 aliphatic heterocycles. The van der Waals surface area contributed by atoms with Gasteiger partial charge in [-0.15, -0.1) is 0 Å². The number of hydrogen-bond donors (Lipinski definition) is 2. The molecule has 0 amide bonds. The molecule has 3 unspecified atom stereocenters. The zero-order valence-electron chi connectivity index (χ0n) is 12.7. The van der Waals surface area contributed by atoms with E-state index in [1.165, 1.54) is 16.7 Å². The Morgan fingerprint density at radius 2 is 1.79 bits per heavy atom. The molecule has 1 aromatic rings. The molecule has 3 heteroatoms. The number of hydrogen-bond acceptors (Lipinski definition) is 3. The Labute approximate surface area is 116 Å². The standard InChI is InChI=1S/C16H27NO2/c1-6-14(17)15(18)9-12(4)16-10(2)7-13(19-5)8-11(16)3/h7-8,12,14-15,18H,6,9,17H2,1-5H3. The van der Waals surface area contributed by atoms with Crippen molar-refractivity contribution >= 4 is 0 Å². The molecule has 0 aliphatic carbocycles. The lowest BCUT2D eigenvalue weighted by Gasteiger charge is -2.24. The van der Waals surface area contributed by atoms with Gasteiger partial charge < -0.3 is 15.6 Å². The van der Waals surface area contributed by atoms with Crippen LogP contribution in [0.3, 0.4) is 0 Å². The maximum atomic E-state index is 10.1. The van der Waals surface area contributed by atoms with E-state index >= 15 is 0 Å². The molecule has 19 heavy (non-hydrogen) atoms. The third-order valence-corrected chi connectivity index (χ3v) is 3.86. The lowest BCUT2D eigenvalue weighted by Crippen LogP contribution is -2.34. The van der Waals surface area contributed by atoms with Gasteiger partial charge in [0.1, 0.15) is 5.75 Å². The van der Waals surface area contributed by atoms with Crippen molar-refractivity contribution < 1.29 is 9.84 Å². The average molecular weight is 265 g/mol. The number of aryl methyl sites for hydroxylation is 2. The van der Waals surface area contributed by atoms with Crippen LogP contribution in [0.15, 0.2) is 12.1 Å². The summed E-state index contributed by atoms with van der Waals surface area (Å²) in [6.07, 6.45) is 1.05. The zero-order valence-corrected chi connectivity index (χ0v) is 12.7. The predicted molar refractivity (Wildman–Crippen MR) is 79.8 cm³/mol. The van der Waals surface area contributed by atoms with Gasteiger partial charge in [-0.3, -0.25) is 0 Å². The fourth-order valence-corrected chi connectivity index (χ4v) is 2.76. The van der Waals surface area contributed by atoms with E-state index in [9.17, 15) is 5.11 Å². The summed E-state index contributed by atoms with van der Waals surface area (Å²) in [6.45, 7) is 8.33. The largest absolute Gasteiger partial charge is 0.497 e. The average Bonchev–Trinajstić information content (AvgIpc) is 2.36. The van der Waals surface area contributed by atoms with Crippen molar-refractivity contribution in [3.05, 3.63) is 28.8 Å². The van der Waals surface area contributed by atoms with E-state index in [0.29, 0.717) is 12.3 Å². The zero-order chi connectivity index (χ0) is 14.6. The number of ether oxygens (including phenoxy) is 1. The van der Waals surface area contributed by atoms with Crippen molar-refractivity contribution in [1.82, 2.24) is 0 Å². The molecule has 108 valence electrons. The highest BCUT2D eigenvalue weighted by molar-refractivity contribution is 5.42. The molecule has 0 bridgehead atoms. The number of benzene rings is 1. The van der Waals surface area contributed by atoms with Crippen LogP contribution in [0.1, 0.15) is 49.3 Å². The fraction of sp³-hybridized carbons (Fsp3) is 0.625. The highest BCUT2D eigenvalue weighted by Gasteiger charge is 2.20. The summed E-state index contributed by atoms with van der Waals surface area (Å²) in [7, 11) is 1.68. The summed E-state index contributed by atoms with van der Waals surface area (Å²) in [5.41, 5.74) is 9.61.